The van der Waals surface area contributed by atoms with Gasteiger partial charge in [0.1, 0.15) is 0 Å². The maximum absolute atomic E-state index is 9.63. The summed E-state index contributed by atoms with van der Waals surface area (Å²) in [5.41, 5.74) is 2.51. The number of phenolic OH excluding ortho intramolecular Hbond substituents is 1. The molecule has 0 spiro atoms. The molecule has 0 heterocycles. The zero-order valence-electron chi connectivity index (χ0n) is 12.1. The van der Waals surface area contributed by atoms with Crippen LogP contribution in [-0.2, 0) is 0 Å². The zero-order valence-corrected chi connectivity index (χ0v) is 12.1. The van der Waals surface area contributed by atoms with Crippen LogP contribution in [0.3, 0.4) is 0 Å². The van der Waals surface area contributed by atoms with E-state index in [-0.39, 0.29) is 5.75 Å². The fourth-order valence-corrected chi connectivity index (χ4v) is 2.39. The van der Waals surface area contributed by atoms with E-state index >= 15 is 0 Å². The van der Waals surface area contributed by atoms with Gasteiger partial charge in [-0.2, -0.15) is 0 Å². The van der Waals surface area contributed by atoms with Crippen LogP contribution in [0.2, 0.25) is 0 Å². The predicted molar refractivity (Wildman–Crippen MR) is 82.9 cm³/mol. The van der Waals surface area contributed by atoms with Gasteiger partial charge in [0.15, 0.2) is 11.5 Å². The highest BCUT2D eigenvalue weighted by Crippen LogP contribution is 2.26. The van der Waals surface area contributed by atoms with Gasteiger partial charge >= 0.3 is 0 Å². The number of benzene rings is 1. The number of ether oxygens (including phenoxy) is 1. The highest BCUT2D eigenvalue weighted by Gasteiger charge is 2.03. The number of phenols is 1. The first kappa shape index (κ1) is 14.6. The Kier molecular flexibility index (Phi) is 5.66. The fraction of sp³-hybridized carbons (Fsp3) is 0.471. The molecule has 108 valence electrons. The van der Waals surface area contributed by atoms with E-state index in [1.54, 1.807) is 11.6 Å². The summed E-state index contributed by atoms with van der Waals surface area (Å²) in [6, 6.07) is 5.32. The van der Waals surface area contributed by atoms with E-state index in [2.05, 4.69) is 11.1 Å². The van der Waals surface area contributed by atoms with Crippen LogP contribution >= 0.6 is 0 Å². The first-order valence-electron chi connectivity index (χ1n) is 7.43. The Morgan fingerprint density at radius 3 is 3.00 bits per heavy atom. The molecular formula is C17H23NO2. The van der Waals surface area contributed by atoms with Crippen LogP contribution in [0.4, 0.5) is 0 Å². The summed E-state index contributed by atoms with van der Waals surface area (Å²) in [5.74, 6) is 0.697. The van der Waals surface area contributed by atoms with Crippen LogP contribution in [0.25, 0.3) is 0 Å². The van der Waals surface area contributed by atoms with Gasteiger partial charge in [-0.25, -0.2) is 0 Å². The molecule has 0 saturated carbocycles. The Labute approximate surface area is 121 Å². The number of rotatable bonds is 6. The van der Waals surface area contributed by atoms with Gasteiger partial charge in [0.05, 0.1) is 6.61 Å². The maximum Gasteiger partial charge on any atom is 0.161 e. The summed E-state index contributed by atoms with van der Waals surface area (Å²) in [6.45, 7) is 3.27. The molecule has 1 aliphatic carbocycles. The Morgan fingerprint density at radius 2 is 2.25 bits per heavy atom. The third kappa shape index (κ3) is 4.41. The van der Waals surface area contributed by atoms with Crippen molar-refractivity contribution < 1.29 is 9.84 Å². The quantitative estimate of drug-likeness (QED) is 0.626. The van der Waals surface area contributed by atoms with E-state index in [9.17, 15) is 5.11 Å². The number of hydrogen-bond donors (Lipinski definition) is 1. The number of nitrogens with zero attached hydrogens (tertiary/aromatic N) is 1. The zero-order chi connectivity index (χ0) is 14.2. The van der Waals surface area contributed by atoms with Gasteiger partial charge < -0.3 is 9.84 Å². The second-order valence-electron chi connectivity index (χ2n) is 5.05. The van der Waals surface area contributed by atoms with Crippen LogP contribution in [0, 0.1) is 0 Å². The highest BCUT2D eigenvalue weighted by molar-refractivity contribution is 5.80. The molecule has 0 fully saturated rings. The lowest BCUT2D eigenvalue weighted by molar-refractivity contribution is 0.318. The van der Waals surface area contributed by atoms with E-state index in [4.69, 9.17) is 4.74 Å². The number of aromatic hydroxyl groups is 1. The van der Waals surface area contributed by atoms with Gasteiger partial charge in [-0.05, 0) is 62.8 Å². The highest BCUT2D eigenvalue weighted by atomic mass is 16.5. The van der Waals surface area contributed by atoms with Gasteiger partial charge in [0.25, 0.3) is 0 Å². The molecule has 0 unspecified atom stereocenters. The van der Waals surface area contributed by atoms with Crippen molar-refractivity contribution in [3.05, 3.63) is 35.4 Å². The summed E-state index contributed by atoms with van der Waals surface area (Å²) in [5, 5.41) is 9.63. The normalized spacial score (nSPS) is 15.3. The lowest BCUT2D eigenvalue weighted by Crippen LogP contribution is -1.95. The van der Waals surface area contributed by atoms with Crippen LogP contribution in [-0.4, -0.2) is 24.5 Å². The Morgan fingerprint density at radius 1 is 1.35 bits per heavy atom. The van der Waals surface area contributed by atoms with Gasteiger partial charge in [0, 0.05) is 12.8 Å². The van der Waals surface area contributed by atoms with Crippen molar-refractivity contribution in [1.82, 2.24) is 0 Å². The molecule has 3 heteroatoms. The second-order valence-corrected chi connectivity index (χ2v) is 5.05. The molecule has 2 rings (SSSR count). The van der Waals surface area contributed by atoms with Crippen LogP contribution in [0.15, 0.2) is 34.8 Å². The molecule has 1 aromatic carbocycles. The molecule has 0 amide bonds. The average molecular weight is 273 g/mol. The van der Waals surface area contributed by atoms with Crippen LogP contribution in [0.5, 0.6) is 11.5 Å². The van der Waals surface area contributed by atoms with E-state index in [1.807, 2.05) is 25.3 Å². The van der Waals surface area contributed by atoms with E-state index in [0.29, 0.717) is 12.4 Å². The minimum absolute atomic E-state index is 0.177. The molecule has 0 aliphatic heterocycles. The maximum atomic E-state index is 9.63. The third-order valence-corrected chi connectivity index (χ3v) is 3.47. The molecule has 0 saturated heterocycles. The van der Waals surface area contributed by atoms with Gasteiger partial charge in [-0.15, -0.1) is 0 Å². The minimum Gasteiger partial charge on any atom is -0.504 e. The molecular weight excluding hydrogens is 250 g/mol. The number of allylic oxidation sites excluding steroid dienone is 1. The first-order chi connectivity index (χ1) is 9.79. The van der Waals surface area contributed by atoms with Crippen molar-refractivity contribution in [2.45, 2.75) is 39.0 Å². The summed E-state index contributed by atoms with van der Waals surface area (Å²) < 4.78 is 5.36. The first-order valence-corrected chi connectivity index (χ1v) is 7.43. The molecule has 0 radical (unpaired) electrons. The van der Waals surface area contributed by atoms with E-state index in [1.165, 1.54) is 25.7 Å². The predicted octanol–water partition coefficient (Wildman–Crippen LogP) is 4.10. The summed E-state index contributed by atoms with van der Waals surface area (Å²) in [4.78, 5) is 4.46. The molecule has 3 nitrogen and oxygen atoms in total. The lowest BCUT2D eigenvalue weighted by Gasteiger charge is -2.10. The van der Waals surface area contributed by atoms with Gasteiger partial charge in [-0.1, -0.05) is 11.6 Å². The topological polar surface area (TPSA) is 41.8 Å². The van der Waals surface area contributed by atoms with Crippen LogP contribution < -0.4 is 4.74 Å². The Bertz CT molecular complexity index is 492. The number of hydrogen-bond acceptors (Lipinski definition) is 3. The molecule has 0 bridgehead atoms. The van der Waals surface area contributed by atoms with Gasteiger partial charge in [-0.3, -0.25) is 4.99 Å². The summed E-state index contributed by atoms with van der Waals surface area (Å²) in [6.07, 6.45) is 10.4. The molecule has 1 aromatic rings. The molecule has 0 atom stereocenters. The Balaban J connectivity index is 1.87. The summed E-state index contributed by atoms with van der Waals surface area (Å²) >= 11 is 0. The second kappa shape index (κ2) is 7.73. The van der Waals surface area contributed by atoms with E-state index < -0.39 is 0 Å². The largest absolute Gasteiger partial charge is 0.504 e. The molecule has 20 heavy (non-hydrogen) atoms. The Hall–Kier alpha value is -1.77. The van der Waals surface area contributed by atoms with E-state index in [0.717, 1.165) is 18.5 Å². The lowest BCUT2D eigenvalue weighted by atomic mass is 9.97. The smallest absolute Gasteiger partial charge is 0.161 e. The van der Waals surface area contributed by atoms with Crippen molar-refractivity contribution in [3.63, 3.8) is 0 Å². The fourth-order valence-electron chi connectivity index (χ4n) is 2.39. The minimum atomic E-state index is 0.177. The van der Waals surface area contributed by atoms with Crippen molar-refractivity contribution in [1.29, 1.82) is 0 Å². The van der Waals surface area contributed by atoms with Crippen LogP contribution in [0.1, 0.15) is 44.6 Å². The monoisotopic (exact) mass is 273 g/mol. The molecule has 1 N–H and O–H groups in total. The van der Waals surface area contributed by atoms with Crippen molar-refractivity contribution in [3.8, 4) is 11.5 Å². The average Bonchev–Trinajstić information content (AvgIpc) is 2.48. The SMILES string of the molecule is CCOc1cc(C=NCCC2=CCCCC2)ccc1O. The van der Waals surface area contributed by atoms with Crippen molar-refractivity contribution in [2.75, 3.05) is 13.2 Å². The standard InChI is InChI=1S/C17H23NO2/c1-2-20-17-12-15(8-9-16(17)19)13-18-11-10-14-6-4-3-5-7-14/h6,8-9,12-13,19H,2-5,7,10-11H2,1H3. The third-order valence-electron chi connectivity index (χ3n) is 3.47. The van der Waals surface area contributed by atoms with Gasteiger partial charge in [0.2, 0.25) is 0 Å². The number of aliphatic imine (C=N–C) groups is 1. The van der Waals surface area contributed by atoms with Crippen molar-refractivity contribution >= 4 is 6.21 Å². The molecule has 0 aromatic heterocycles. The van der Waals surface area contributed by atoms with Crippen molar-refractivity contribution in [2.24, 2.45) is 4.99 Å². The molecule has 1 aliphatic rings. The summed E-state index contributed by atoms with van der Waals surface area (Å²) in [7, 11) is 0.